The highest BCUT2D eigenvalue weighted by Crippen LogP contribution is 2.47. The number of hydrogen-bond donors (Lipinski definition) is 3. The van der Waals surface area contributed by atoms with Gasteiger partial charge >= 0.3 is 0 Å². The van der Waals surface area contributed by atoms with Gasteiger partial charge in [0.2, 0.25) is 10.0 Å². The first kappa shape index (κ1) is 38.0. The molecule has 12 heteroatoms. The molecule has 3 heterocycles. The number of likely N-dealkylation sites (tertiary alicyclic amines) is 1. The number of rotatable bonds is 4. The van der Waals surface area contributed by atoms with Crippen LogP contribution in [0.5, 0.6) is 5.75 Å². The third-order valence-corrected chi connectivity index (χ3v) is 14.7. The molecule has 2 aliphatic carbocycles. The van der Waals surface area contributed by atoms with Gasteiger partial charge in [0.25, 0.3) is 5.91 Å². The fraction of sp³-hybridized carbons (Fsp3) is 0.641. The van der Waals surface area contributed by atoms with Crippen molar-refractivity contribution in [1.82, 2.24) is 9.62 Å². The summed E-state index contributed by atoms with van der Waals surface area (Å²) < 4.78 is 35.3. The molecule has 1 spiro atoms. The average molecular weight is 744 g/mol. The Morgan fingerprint density at radius 3 is 2.47 bits per heavy atom. The van der Waals surface area contributed by atoms with Gasteiger partial charge in [-0.15, -0.1) is 0 Å². The molecule has 280 valence electrons. The molecule has 5 aliphatic rings. The maximum absolute atomic E-state index is 13.3. The average Bonchev–Trinajstić information content (AvgIpc) is 3.23. The van der Waals surface area contributed by atoms with E-state index in [2.05, 4.69) is 26.7 Å². The summed E-state index contributed by atoms with van der Waals surface area (Å²) in [5.41, 5.74) is 3.37. The Morgan fingerprint density at radius 2 is 1.82 bits per heavy atom. The minimum atomic E-state index is -3.89. The summed E-state index contributed by atoms with van der Waals surface area (Å²) in [5.74, 6) is 0.559. The fourth-order valence-corrected chi connectivity index (χ4v) is 10.3. The van der Waals surface area contributed by atoms with Crippen LogP contribution in [0.25, 0.3) is 0 Å². The summed E-state index contributed by atoms with van der Waals surface area (Å²) in [6.07, 6.45) is 9.63. The maximum Gasteiger partial charge on any atom is 0.264 e. The molecular weight excluding hydrogens is 690 g/mol. The summed E-state index contributed by atoms with van der Waals surface area (Å²) in [6, 6.07) is 11.4. The van der Waals surface area contributed by atoms with Crippen LogP contribution in [0.4, 0.5) is 5.69 Å². The molecule has 1 saturated carbocycles. The number of aldehydes is 1. The van der Waals surface area contributed by atoms with Gasteiger partial charge in [-0.05, 0) is 131 Å². The number of ether oxygens (including phenoxy) is 1. The van der Waals surface area contributed by atoms with E-state index in [1.165, 1.54) is 17.5 Å². The number of aliphatic hydroxyl groups excluding tert-OH is 2. The summed E-state index contributed by atoms with van der Waals surface area (Å²) in [4.78, 5) is 30.1. The second-order valence-corrected chi connectivity index (χ2v) is 18.1. The number of benzene rings is 2. The van der Waals surface area contributed by atoms with Crippen LogP contribution >= 0.6 is 11.6 Å². The van der Waals surface area contributed by atoms with Gasteiger partial charge in [-0.25, -0.2) is 13.1 Å². The van der Waals surface area contributed by atoms with Crippen molar-refractivity contribution in [3.05, 3.63) is 58.1 Å². The summed E-state index contributed by atoms with van der Waals surface area (Å²) in [6.45, 7) is 7.76. The molecule has 10 nitrogen and oxygen atoms in total. The second-order valence-electron chi connectivity index (χ2n) is 15.6. The van der Waals surface area contributed by atoms with E-state index in [0.29, 0.717) is 42.7 Å². The van der Waals surface area contributed by atoms with E-state index < -0.39 is 21.2 Å². The number of nitrogens with one attached hydrogen (secondary N) is 1. The molecule has 0 radical (unpaired) electrons. The van der Waals surface area contributed by atoms with Gasteiger partial charge in [0, 0.05) is 35.0 Å². The number of aliphatic hydroxyl groups is 2. The molecule has 0 aromatic heterocycles. The predicted octanol–water partition coefficient (Wildman–Crippen LogP) is 4.97. The van der Waals surface area contributed by atoms with E-state index >= 15 is 0 Å². The molecule has 2 aromatic rings. The van der Waals surface area contributed by atoms with E-state index in [1.807, 2.05) is 13.0 Å². The lowest BCUT2D eigenvalue weighted by Crippen LogP contribution is -2.49. The minimum absolute atomic E-state index is 0.00116. The van der Waals surface area contributed by atoms with Crippen molar-refractivity contribution < 1.29 is 33.0 Å². The minimum Gasteiger partial charge on any atom is -0.490 e. The quantitative estimate of drug-likeness (QED) is 0.371. The van der Waals surface area contributed by atoms with Crippen molar-refractivity contribution in [1.29, 1.82) is 0 Å². The number of anilines is 1. The zero-order chi connectivity index (χ0) is 36.3. The van der Waals surface area contributed by atoms with Crippen LogP contribution in [0.1, 0.15) is 86.7 Å². The van der Waals surface area contributed by atoms with Gasteiger partial charge in [0.15, 0.2) is 0 Å². The zero-order valence-electron chi connectivity index (χ0n) is 29.9. The Bertz CT molecular complexity index is 1670. The van der Waals surface area contributed by atoms with E-state index in [9.17, 15) is 18.0 Å². The van der Waals surface area contributed by atoms with Crippen LogP contribution in [-0.2, 0) is 26.7 Å². The monoisotopic (exact) mass is 743 g/mol. The topological polar surface area (TPSA) is 136 Å². The van der Waals surface area contributed by atoms with Crippen molar-refractivity contribution in [2.24, 2.45) is 23.7 Å². The first-order valence-corrected chi connectivity index (χ1v) is 20.7. The molecule has 7 rings (SSSR count). The van der Waals surface area contributed by atoms with Gasteiger partial charge in [-0.3, -0.25) is 9.69 Å². The number of amides is 1. The Labute approximate surface area is 307 Å². The van der Waals surface area contributed by atoms with Crippen LogP contribution in [0.15, 0.2) is 36.4 Å². The van der Waals surface area contributed by atoms with Gasteiger partial charge in [0.05, 0.1) is 36.8 Å². The standard InChI is InChI=1S/C33H41ClN2O5S.C6H13NO2/c1-21-5-3-6-26(18-37)28-11-8-25(28)17-36-19-33(14-4-7-23-15-27(34)10-12-29(23)33)20-41-31-13-9-24(16-30(31)36)32(38)35-42(39,40)22(21)2;8-4-6(5-9)7-2-1-3-7/h9-10,12-13,15-16,18,21-22,25-26,28H,3-8,11,14,17,19-20H2,1-2H3,(H,35,38);6,8-9H,1-5H2/t21-,22+,25-,26?,28+,33-;/m0./s1. The highest BCUT2D eigenvalue weighted by Gasteiger charge is 2.44. The second kappa shape index (κ2) is 16.1. The maximum atomic E-state index is 13.3. The molecule has 1 unspecified atom stereocenters. The van der Waals surface area contributed by atoms with Gasteiger partial charge in [-0.2, -0.15) is 0 Å². The van der Waals surface area contributed by atoms with Crippen molar-refractivity contribution in [3.8, 4) is 5.75 Å². The molecular formula is C39H54ClN3O7S. The van der Waals surface area contributed by atoms with Gasteiger partial charge in [0.1, 0.15) is 12.0 Å². The SMILES string of the molecule is C[C@@H]1[C@@H](C)CCCC(C=O)[C@@H]2CC[C@H]2CN2C[C@@]3(CCCc4cc(Cl)ccc43)COc3ccc(cc32)C(=O)NS1(=O)=O.OCC(CO)N1CCC1. The molecule has 3 aliphatic heterocycles. The number of halogens is 1. The third kappa shape index (κ3) is 8.12. The summed E-state index contributed by atoms with van der Waals surface area (Å²) in [7, 11) is -3.89. The van der Waals surface area contributed by atoms with E-state index in [-0.39, 0.29) is 36.5 Å². The number of fused-ring (bicyclic) bond motifs is 4. The largest absolute Gasteiger partial charge is 0.490 e. The van der Waals surface area contributed by atoms with Crippen molar-refractivity contribution in [2.45, 2.75) is 88.3 Å². The summed E-state index contributed by atoms with van der Waals surface area (Å²) in [5, 5.41) is 17.3. The van der Waals surface area contributed by atoms with Crippen molar-refractivity contribution in [2.75, 3.05) is 50.9 Å². The number of sulfonamides is 1. The molecule has 3 N–H and O–H groups in total. The normalized spacial score (nSPS) is 30.6. The van der Waals surface area contributed by atoms with E-state index in [1.54, 1.807) is 25.1 Å². The molecule has 2 aromatic carbocycles. The van der Waals surface area contributed by atoms with Crippen molar-refractivity contribution >= 4 is 39.5 Å². The zero-order valence-corrected chi connectivity index (χ0v) is 31.5. The molecule has 2 bridgehead atoms. The van der Waals surface area contributed by atoms with Crippen LogP contribution < -0.4 is 14.4 Å². The number of carbonyl (C=O) groups is 2. The molecule has 51 heavy (non-hydrogen) atoms. The van der Waals surface area contributed by atoms with Crippen LogP contribution in [0, 0.1) is 23.7 Å². The number of hydrogen-bond acceptors (Lipinski definition) is 9. The van der Waals surface area contributed by atoms with Crippen LogP contribution in [-0.4, -0.2) is 93.0 Å². The lowest BCUT2D eigenvalue weighted by molar-refractivity contribution is -0.115. The first-order chi connectivity index (χ1) is 24.5. The Hall–Kier alpha value is -2.70. The lowest BCUT2D eigenvalue weighted by atomic mass is 9.65. The lowest BCUT2D eigenvalue weighted by Gasteiger charge is -2.46. The van der Waals surface area contributed by atoms with Gasteiger partial charge < -0.3 is 24.6 Å². The Morgan fingerprint density at radius 1 is 1.04 bits per heavy atom. The van der Waals surface area contributed by atoms with Crippen LogP contribution in [0.3, 0.4) is 0 Å². The van der Waals surface area contributed by atoms with Crippen molar-refractivity contribution in [3.63, 3.8) is 0 Å². The predicted molar refractivity (Wildman–Crippen MR) is 199 cm³/mol. The molecule has 2 fully saturated rings. The van der Waals surface area contributed by atoms with Gasteiger partial charge in [-0.1, -0.05) is 31.0 Å². The Balaban J connectivity index is 0.000000435. The van der Waals surface area contributed by atoms with Crippen LogP contribution in [0.2, 0.25) is 5.02 Å². The van der Waals surface area contributed by atoms with E-state index in [4.69, 9.17) is 26.6 Å². The molecule has 1 saturated heterocycles. The first-order valence-electron chi connectivity index (χ1n) is 18.8. The Kier molecular flexibility index (Phi) is 12.0. The third-order valence-electron chi connectivity index (χ3n) is 12.5. The van der Waals surface area contributed by atoms with E-state index in [0.717, 1.165) is 81.6 Å². The number of aryl methyl sites for hydroxylation is 1. The smallest absolute Gasteiger partial charge is 0.264 e. The number of nitrogens with zero attached hydrogens (tertiary/aromatic N) is 2. The highest BCUT2D eigenvalue weighted by atomic mass is 35.5. The highest BCUT2D eigenvalue weighted by molar-refractivity contribution is 7.90. The fourth-order valence-electron chi connectivity index (χ4n) is 8.80. The summed E-state index contributed by atoms with van der Waals surface area (Å²) >= 11 is 6.39. The molecule has 6 atom stereocenters. The number of carbonyl (C=O) groups excluding carboxylic acids is 2. The molecule has 1 amide bonds.